The van der Waals surface area contributed by atoms with Crippen molar-refractivity contribution < 1.29 is 23.1 Å². The van der Waals surface area contributed by atoms with Crippen molar-refractivity contribution in [3.05, 3.63) is 21.4 Å². The van der Waals surface area contributed by atoms with Crippen molar-refractivity contribution in [2.24, 2.45) is 0 Å². The monoisotopic (exact) mass is 331 g/mol. The molecule has 1 atom stereocenters. The lowest BCUT2D eigenvalue weighted by atomic mass is 10.2. The number of aliphatic carboxylic acids is 1. The number of rotatable bonds is 3. The molecule has 1 amide bonds. The summed E-state index contributed by atoms with van der Waals surface area (Å²) < 4.78 is 23.1. The van der Waals surface area contributed by atoms with Crippen molar-refractivity contribution >= 4 is 33.1 Å². The molecule has 0 bridgehead atoms. The maximum absolute atomic E-state index is 12.3. The first-order valence-corrected chi connectivity index (χ1v) is 9.12. The van der Waals surface area contributed by atoms with Crippen molar-refractivity contribution in [1.82, 2.24) is 4.90 Å². The molecule has 1 aromatic heterocycles. The molecule has 1 aromatic rings. The molecule has 1 aliphatic rings. The van der Waals surface area contributed by atoms with E-state index in [1.807, 2.05) is 19.9 Å². The van der Waals surface area contributed by atoms with Crippen LogP contribution in [0.3, 0.4) is 0 Å². The molecule has 1 fully saturated rings. The normalized spacial score (nSPS) is 21.2. The van der Waals surface area contributed by atoms with Gasteiger partial charge in [0.25, 0.3) is 0 Å². The summed E-state index contributed by atoms with van der Waals surface area (Å²) in [7, 11) is -3.39. The second kappa shape index (κ2) is 5.76. The Labute approximate surface area is 127 Å². The van der Waals surface area contributed by atoms with E-state index in [-0.39, 0.29) is 24.6 Å². The lowest BCUT2D eigenvalue weighted by Gasteiger charge is -2.32. The van der Waals surface area contributed by atoms with E-state index in [4.69, 9.17) is 5.11 Å². The minimum absolute atomic E-state index is 0.0540. The minimum Gasteiger partial charge on any atom is -0.480 e. The summed E-state index contributed by atoms with van der Waals surface area (Å²) >= 11 is 1.50. The molecule has 0 radical (unpaired) electrons. The zero-order valence-electron chi connectivity index (χ0n) is 11.8. The first-order chi connectivity index (χ1) is 9.69. The SMILES string of the molecule is Cc1cc(C)c(CC(=O)N2CCS(=O)(=O)CC2C(=O)O)s1. The highest BCUT2D eigenvalue weighted by molar-refractivity contribution is 7.91. The van der Waals surface area contributed by atoms with Gasteiger partial charge in [0.1, 0.15) is 6.04 Å². The molecule has 1 saturated heterocycles. The lowest BCUT2D eigenvalue weighted by molar-refractivity contribution is -0.149. The van der Waals surface area contributed by atoms with E-state index in [1.54, 1.807) is 0 Å². The first-order valence-electron chi connectivity index (χ1n) is 6.48. The maximum atomic E-state index is 12.3. The summed E-state index contributed by atoms with van der Waals surface area (Å²) in [5.41, 5.74) is 1.00. The number of aryl methyl sites for hydroxylation is 2. The van der Waals surface area contributed by atoms with Crippen LogP contribution in [0.1, 0.15) is 15.3 Å². The van der Waals surface area contributed by atoms with Crippen LogP contribution in [0.4, 0.5) is 0 Å². The van der Waals surface area contributed by atoms with Gasteiger partial charge in [-0.05, 0) is 25.5 Å². The van der Waals surface area contributed by atoms with Gasteiger partial charge in [0.2, 0.25) is 5.91 Å². The summed E-state index contributed by atoms with van der Waals surface area (Å²) in [6.07, 6.45) is 0.119. The van der Waals surface area contributed by atoms with Gasteiger partial charge in [-0.2, -0.15) is 0 Å². The van der Waals surface area contributed by atoms with Gasteiger partial charge < -0.3 is 10.0 Å². The smallest absolute Gasteiger partial charge is 0.327 e. The first kappa shape index (κ1) is 16.0. The summed E-state index contributed by atoms with van der Waals surface area (Å²) in [4.78, 5) is 26.7. The van der Waals surface area contributed by atoms with E-state index >= 15 is 0 Å². The van der Waals surface area contributed by atoms with Crippen LogP contribution in [0.25, 0.3) is 0 Å². The molecule has 1 unspecified atom stereocenters. The van der Waals surface area contributed by atoms with Gasteiger partial charge in [-0.15, -0.1) is 11.3 Å². The van der Waals surface area contributed by atoms with E-state index in [2.05, 4.69) is 0 Å². The zero-order chi connectivity index (χ0) is 15.8. The Bertz CT molecular complexity index is 677. The molecule has 0 saturated carbocycles. The van der Waals surface area contributed by atoms with Crippen molar-refractivity contribution in [3.8, 4) is 0 Å². The second-order valence-electron chi connectivity index (χ2n) is 5.20. The van der Waals surface area contributed by atoms with E-state index in [0.717, 1.165) is 15.3 Å². The molecule has 1 aliphatic heterocycles. The van der Waals surface area contributed by atoms with Gasteiger partial charge in [-0.1, -0.05) is 0 Å². The molecule has 2 rings (SSSR count). The largest absolute Gasteiger partial charge is 0.480 e. The number of carbonyl (C=O) groups excluding carboxylic acids is 1. The third kappa shape index (κ3) is 3.62. The van der Waals surface area contributed by atoms with Gasteiger partial charge >= 0.3 is 5.97 Å². The van der Waals surface area contributed by atoms with Gasteiger partial charge in [-0.25, -0.2) is 13.2 Å². The third-order valence-corrected chi connectivity index (χ3v) is 6.27. The van der Waals surface area contributed by atoms with Crippen LogP contribution in [0.2, 0.25) is 0 Å². The molecule has 2 heterocycles. The molecule has 0 aromatic carbocycles. The fraction of sp³-hybridized carbons (Fsp3) is 0.538. The van der Waals surface area contributed by atoms with Crippen molar-refractivity contribution in [1.29, 1.82) is 0 Å². The number of thiophene rings is 1. The zero-order valence-corrected chi connectivity index (χ0v) is 13.5. The van der Waals surface area contributed by atoms with E-state index in [1.165, 1.54) is 16.2 Å². The second-order valence-corrected chi connectivity index (χ2v) is 8.77. The topological polar surface area (TPSA) is 91.8 Å². The minimum atomic E-state index is -3.39. The highest BCUT2D eigenvalue weighted by Gasteiger charge is 2.38. The molecule has 21 heavy (non-hydrogen) atoms. The van der Waals surface area contributed by atoms with Crippen molar-refractivity contribution in [2.45, 2.75) is 26.3 Å². The summed E-state index contributed by atoms with van der Waals surface area (Å²) in [5.74, 6) is -2.28. The van der Waals surface area contributed by atoms with Crippen LogP contribution >= 0.6 is 11.3 Å². The quantitative estimate of drug-likeness (QED) is 0.876. The van der Waals surface area contributed by atoms with Crippen LogP contribution in [-0.2, 0) is 25.8 Å². The summed E-state index contributed by atoms with van der Waals surface area (Å²) in [6, 6.07) is 0.695. The number of amides is 1. The Morgan fingerprint density at radius 1 is 1.43 bits per heavy atom. The number of nitrogens with zero attached hydrogens (tertiary/aromatic N) is 1. The molecular weight excluding hydrogens is 314 g/mol. The van der Waals surface area contributed by atoms with Gasteiger partial charge in [0.15, 0.2) is 9.84 Å². The Kier molecular flexibility index (Phi) is 4.38. The number of carbonyl (C=O) groups is 2. The number of sulfone groups is 1. The lowest BCUT2D eigenvalue weighted by Crippen LogP contribution is -2.55. The number of hydrogen-bond donors (Lipinski definition) is 1. The molecule has 1 N–H and O–H groups in total. The van der Waals surface area contributed by atoms with Gasteiger partial charge in [0.05, 0.1) is 17.9 Å². The standard InChI is InChI=1S/C13H17NO5S2/c1-8-5-9(2)20-11(8)6-12(15)14-3-4-21(18,19)7-10(14)13(16)17/h5,10H,3-4,6-7H2,1-2H3,(H,16,17). The predicted octanol–water partition coefficient (Wildman–Crippen LogP) is 0.618. The average molecular weight is 331 g/mol. The van der Waals surface area contributed by atoms with Gasteiger partial charge in [-0.3, -0.25) is 4.79 Å². The molecule has 0 spiro atoms. The maximum Gasteiger partial charge on any atom is 0.327 e. The van der Waals surface area contributed by atoms with E-state index in [9.17, 15) is 18.0 Å². The van der Waals surface area contributed by atoms with Gasteiger partial charge in [0, 0.05) is 16.3 Å². The molecule has 116 valence electrons. The Morgan fingerprint density at radius 3 is 2.62 bits per heavy atom. The van der Waals surface area contributed by atoms with Crippen molar-refractivity contribution in [2.75, 3.05) is 18.1 Å². The van der Waals surface area contributed by atoms with Crippen LogP contribution < -0.4 is 0 Å². The fourth-order valence-corrected chi connectivity index (χ4v) is 4.90. The Hall–Kier alpha value is -1.41. The Morgan fingerprint density at radius 2 is 2.10 bits per heavy atom. The average Bonchev–Trinajstić information content (AvgIpc) is 2.66. The van der Waals surface area contributed by atoms with Crippen molar-refractivity contribution in [3.63, 3.8) is 0 Å². The fourth-order valence-electron chi connectivity index (χ4n) is 2.41. The summed E-state index contributed by atoms with van der Waals surface area (Å²) in [6.45, 7) is 3.79. The third-order valence-electron chi connectivity index (χ3n) is 3.49. The molecule has 0 aliphatic carbocycles. The number of carboxylic acid groups (broad SMARTS) is 1. The molecule has 8 heteroatoms. The highest BCUT2D eigenvalue weighted by atomic mass is 32.2. The van der Waals surface area contributed by atoms with Crippen LogP contribution in [0.15, 0.2) is 6.07 Å². The summed E-state index contributed by atoms with van der Waals surface area (Å²) in [5, 5.41) is 9.16. The van der Waals surface area contributed by atoms with Crippen LogP contribution in [0.5, 0.6) is 0 Å². The predicted molar refractivity (Wildman–Crippen MR) is 79.3 cm³/mol. The van der Waals surface area contributed by atoms with E-state index < -0.39 is 27.6 Å². The Balaban J connectivity index is 2.17. The molecular formula is C13H17NO5S2. The molecule has 6 nitrogen and oxygen atoms in total. The number of carboxylic acids is 1. The number of hydrogen-bond acceptors (Lipinski definition) is 5. The van der Waals surface area contributed by atoms with Crippen LogP contribution in [-0.4, -0.2) is 54.4 Å². The van der Waals surface area contributed by atoms with Crippen LogP contribution in [0, 0.1) is 13.8 Å². The van der Waals surface area contributed by atoms with E-state index in [0.29, 0.717) is 0 Å². The highest BCUT2D eigenvalue weighted by Crippen LogP contribution is 2.23.